The Hall–Kier alpha value is -3.46. The molecule has 33 heavy (non-hydrogen) atoms. The first-order valence-corrected chi connectivity index (χ1v) is 11.6. The fourth-order valence-electron chi connectivity index (χ4n) is 4.90. The van der Waals surface area contributed by atoms with E-state index in [0.29, 0.717) is 5.56 Å². The molecule has 5 nitrogen and oxygen atoms in total. The number of rotatable bonds is 4. The van der Waals surface area contributed by atoms with E-state index in [1.807, 2.05) is 30.5 Å². The van der Waals surface area contributed by atoms with Gasteiger partial charge in [0.2, 0.25) is 0 Å². The quantitative estimate of drug-likeness (QED) is 0.489. The van der Waals surface area contributed by atoms with Crippen molar-refractivity contribution >= 4 is 10.9 Å². The molecule has 0 bridgehead atoms. The van der Waals surface area contributed by atoms with E-state index in [2.05, 4.69) is 59.8 Å². The van der Waals surface area contributed by atoms with E-state index < -0.39 is 0 Å². The molecule has 5 heteroatoms. The van der Waals surface area contributed by atoms with E-state index in [0.717, 1.165) is 60.4 Å². The minimum atomic E-state index is 0.262. The second kappa shape index (κ2) is 8.82. The van der Waals surface area contributed by atoms with Crippen LogP contribution in [0.3, 0.4) is 0 Å². The van der Waals surface area contributed by atoms with Crippen molar-refractivity contribution in [1.82, 2.24) is 14.5 Å². The maximum absolute atomic E-state index is 9.26. The van der Waals surface area contributed by atoms with Crippen molar-refractivity contribution in [1.29, 1.82) is 5.26 Å². The van der Waals surface area contributed by atoms with Crippen LogP contribution in [0.1, 0.15) is 29.7 Å². The third-order valence-corrected chi connectivity index (χ3v) is 6.76. The van der Waals surface area contributed by atoms with E-state index >= 15 is 0 Å². The van der Waals surface area contributed by atoms with E-state index in [1.54, 1.807) is 0 Å². The highest BCUT2D eigenvalue weighted by Gasteiger charge is 2.21. The van der Waals surface area contributed by atoms with Crippen LogP contribution in [0.2, 0.25) is 0 Å². The van der Waals surface area contributed by atoms with E-state index in [-0.39, 0.29) is 6.04 Å². The Morgan fingerprint density at radius 3 is 2.52 bits per heavy atom. The normalized spacial score (nSPS) is 16.7. The van der Waals surface area contributed by atoms with Gasteiger partial charge in [0.05, 0.1) is 29.0 Å². The summed E-state index contributed by atoms with van der Waals surface area (Å²) in [6.45, 7) is 5.00. The molecule has 1 aliphatic heterocycles. The maximum Gasteiger partial charge on any atom is 0.0991 e. The van der Waals surface area contributed by atoms with Crippen LogP contribution in [0.25, 0.3) is 33.3 Å². The molecule has 2 N–H and O–H groups in total. The molecule has 1 saturated heterocycles. The summed E-state index contributed by atoms with van der Waals surface area (Å²) < 4.78 is 2.26. The zero-order valence-corrected chi connectivity index (χ0v) is 19.3. The van der Waals surface area contributed by atoms with Crippen LogP contribution in [0.4, 0.5) is 0 Å². The first-order chi connectivity index (χ1) is 16.0. The molecule has 0 saturated carbocycles. The van der Waals surface area contributed by atoms with Crippen LogP contribution in [-0.2, 0) is 13.6 Å². The van der Waals surface area contributed by atoms with Gasteiger partial charge in [0.25, 0.3) is 0 Å². The number of aromatic nitrogens is 2. The summed E-state index contributed by atoms with van der Waals surface area (Å²) in [7, 11) is 2.12. The first-order valence-electron chi connectivity index (χ1n) is 11.6. The van der Waals surface area contributed by atoms with Crippen LogP contribution < -0.4 is 5.73 Å². The number of hydrogen-bond acceptors (Lipinski definition) is 4. The van der Waals surface area contributed by atoms with Crippen molar-refractivity contribution in [2.75, 3.05) is 13.1 Å². The molecule has 4 aromatic rings. The molecule has 166 valence electrons. The predicted molar refractivity (Wildman–Crippen MR) is 134 cm³/mol. The number of fused-ring (bicyclic) bond motifs is 1. The lowest BCUT2D eigenvalue weighted by Gasteiger charge is -2.30. The number of aryl methyl sites for hydroxylation is 2. The topological polar surface area (TPSA) is 70.9 Å². The van der Waals surface area contributed by atoms with Crippen molar-refractivity contribution in [3.8, 4) is 28.5 Å². The number of piperidine rings is 1. The van der Waals surface area contributed by atoms with Crippen LogP contribution in [0.15, 0.2) is 60.8 Å². The zero-order chi connectivity index (χ0) is 22.9. The molecule has 3 heterocycles. The molecule has 0 spiro atoms. The van der Waals surface area contributed by atoms with Gasteiger partial charge >= 0.3 is 0 Å². The summed E-state index contributed by atoms with van der Waals surface area (Å²) in [6, 6.07) is 21.1. The Morgan fingerprint density at radius 1 is 1.09 bits per heavy atom. The van der Waals surface area contributed by atoms with Crippen LogP contribution in [-0.4, -0.2) is 33.6 Å². The number of likely N-dealkylation sites (tertiary alicyclic amines) is 1. The Morgan fingerprint density at radius 2 is 1.82 bits per heavy atom. The Labute approximate surface area is 195 Å². The number of nitriles is 1. The maximum atomic E-state index is 9.26. The van der Waals surface area contributed by atoms with Gasteiger partial charge in [-0.1, -0.05) is 42.0 Å². The van der Waals surface area contributed by atoms with Crippen LogP contribution >= 0.6 is 0 Å². The first kappa shape index (κ1) is 21.4. The Bertz CT molecular complexity index is 1330. The third kappa shape index (κ3) is 4.16. The highest BCUT2D eigenvalue weighted by molar-refractivity contribution is 6.02. The highest BCUT2D eigenvalue weighted by Crippen LogP contribution is 2.38. The zero-order valence-electron chi connectivity index (χ0n) is 19.3. The highest BCUT2D eigenvalue weighted by atomic mass is 15.2. The standard InChI is InChI=1S/C28H29N5/c1-19-5-9-22(10-6-19)28-27(21-11-7-20(15-29)8-12-21)25-14-24(32(2)26(25)16-31-28)18-33-13-3-4-23(30)17-33/h5-12,14,16,23H,3-4,13,17-18,30H2,1-2H3/t23-/m1/s1. The van der Waals surface area contributed by atoms with Crippen molar-refractivity contribution < 1.29 is 0 Å². The SMILES string of the molecule is Cc1ccc(-c2ncc3c(cc(CN4CCC[C@@H](N)C4)n3C)c2-c2ccc(C#N)cc2)cc1. The van der Waals surface area contributed by atoms with Gasteiger partial charge in [0, 0.05) is 48.4 Å². The van der Waals surface area contributed by atoms with Crippen LogP contribution in [0, 0.1) is 18.3 Å². The molecule has 0 amide bonds. The largest absolute Gasteiger partial charge is 0.345 e. The Balaban J connectivity index is 1.67. The summed E-state index contributed by atoms with van der Waals surface area (Å²) in [6.07, 6.45) is 4.25. The number of benzene rings is 2. The number of hydrogen-bond donors (Lipinski definition) is 1. The summed E-state index contributed by atoms with van der Waals surface area (Å²) in [5.41, 5.74) is 14.7. The van der Waals surface area contributed by atoms with Gasteiger partial charge in [0.15, 0.2) is 0 Å². The number of nitrogens with two attached hydrogens (primary N) is 1. The summed E-state index contributed by atoms with van der Waals surface area (Å²) in [5, 5.41) is 10.4. The lowest BCUT2D eigenvalue weighted by Crippen LogP contribution is -2.42. The predicted octanol–water partition coefficient (Wildman–Crippen LogP) is 5.01. The van der Waals surface area contributed by atoms with Crippen molar-refractivity contribution in [3.05, 3.63) is 77.6 Å². The minimum Gasteiger partial charge on any atom is -0.345 e. The van der Waals surface area contributed by atoms with E-state index in [9.17, 15) is 5.26 Å². The minimum absolute atomic E-state index is 0.262. The average molecular weight is 436 g/mol. The molecule has 1 atom stereocenters. The van der Waals surface area contributed by atoms with Gasteiger partial charge in [-0.25, -0.2) is 0 Å². The second-order valence-electron chi connectivity index (χ2n) is 9.17. The monoisotopic (exact) mass is 435 g/mol. The van der Waals surface area contributed by atoms with Crippen molar-refractivity contribution in [2.24, 2.45) is 12.8 Å². The smallest absolute Gasteiger partial charge is 0.0991 e. The molecule has 1 aliphatic rings. The molecule has 2 aromatic heterocycles. The molecule has 0 aliphatic carbocycles. The number of nitrogens with zero attached hydrogens (tertiary/aromatic N) is 4. The molecule has 2 aromatic carbocycles. The fourth-order valence-corrected chi connectivity index (χ4v) is 4.90. The fraction of sp³-hybridized carbons (Fsp3) is 0.286. The summed E-state index contributed by atoms with van der Waals surface area (Å²) in [4.78, 5) is 7.40. The molecular formula is C28H29N5. The third-order valence-electron chi connectivity index (χ3n) is 6.76. The lowest BCUT2D eigenvalue weighted by atomic mass is 9.95. The van der Waals surface area contributed by atoms with E-state index in [1.165, 1.54) is 16.6 Å². The van der Waals surface area contributed by atoms with Gasteiger partial charge in [-0.2, -0.15) is 5.26 Å². The van der Waals surface area contributed by atoms with Crippen LogP contribution in [0.5, 0.6) is 0 Å². The molecule has 1 fully saturated rings. The summed E-state index contributed by atoms with van der Waals surface area (Å²) in [5.74, 6) is 0. The van der Waals surface area contributed by atoms with Gasteiger partial charge in [-0.15, -0.1) is 0 Å². The molecule has 0 unspecified atom stereocenters. The molecule has 5 rings (SSSR count). The Kier molecular flexibility index (Phi) is 5.72. The second-order valence-corrected chi connectivity index (χ2v) is 9.17. The number of pyridine rings is 1. The molecule has 0 radical (unpaired) electrons. The summed E-state index contributed by atoms with van der Waals surface area (Å²) >= 11 is 0. The van der Waals surface area contributed by atoms with Gasteiger partial charge < -0.3 is 10.3 Å². The van der Waals surface area contributed by atoms with Gasteiger partial charge in [-0.3, -0.25) is 9.88 Å². The lowest BCUT2D eigenvalue weighted by molar-refractivity contribution is 0.198. The van der Waals surface area contributed by atoms with E-state index in [4.69, 9.17) is 10.7 Å². The van der Waals surface area contributed by atoms with Crippen molar-refractivity contribution in [3.63, 3.8) is 0 Å². The van der Waals surface area contributed by atoms with Gasteiger partial charge in [-0.05, 0) is 50.1 Å². The van der Waals surface area contributed by atoms with Crippen molar-refractivity contribution in [2.45, 2.75) is 32.4 Å². The average Bonchev–Trinajstić information content (AvgIpc) is 3.14. The molecular weight excluding hydrogens is 406 g/mol. The van der Waals surface area contributed by atoms with Gasteiger partial charge in [0.1, 0.15) is 0 Å².